The molecule has 6 heteroatoms. The van der Waals surface area contributed by atoms with Crippen LogP contribution in [0.1, 0.15) is 42.1 Å². The van der Waals surface area contributed by atoms with Crippen LogP contribution in [-0.4, -0.2) is 54.5 Å². The number of ketones is 1. The van der Waals surface area contributed by atoms with Crippen LogP contribution in [0, 0.1) is 5.41 Å². The zero-order chi connectivity index (χ0) is 18.4. The van der Waals surface area contributed by atoms with E-state index in [2.05, 4.69) is 0 Å². The minimum Gasteiger partial charge on any atom is -0.481 e. The molecule has 1 heterocycles. The smallest absolute Gasteiger partial charge is 0.313 e. The number of ether oxygens (including phenoxy) is 1. The molecule has 0 aromatic heterocycles. The summed E-state index contributed by atoms with van der Waals surface area (Å²) in [7, 11) is 1.46. The minimum absolute atomic E-state index is 0.0726. The first-order valence-electron chi connectivity index (χ1n) is 8.54. The minimum atomic E-state index is -1.04. The van der Waals surface area contributed by atoms with Crippen LogP contribution in [0.5, 0.6) is 0 Å². The maximum atomic E-state index is 12.3. The average molecular weight is 347 g/mol. The number of methoxy groups -OCH3 is 1. The summed E-state index contributed by atoms with van der Waals surface area (Å²) >= 11 is 0. The lowest BCUT2D eigenvalue weighted by atomic mass is 9.88. The quantitative estimate of drug-likeness (QED) is 0.729. The summed E-state index contributed by atoms with van der Waals surface area (Å²) in [5.41, 5.74) is 0.725. The lowest BCUT2D eigenvalue weighted by Crippen LogP contribution is -2.40. The summed E-state index contributed by atoms with van der Waals surface area (Å²) in [6.45, 7) is 2.64. The molecule has 0 radical (unpaired) electrons. The molecular formula is C19H25NO5. The van der Waals surface area contributed by atoms with Crippen LogP contribution >= 0.6 is 0 Å². The van der Waals surface area contributed by atoms with E-state index in [0.29, 0.717) is 18.5 Å². The van der Waals surface area contributed by atoms with Crippen LogP contribution in [-0.2, 0) is 20.7 Å². The van der Waals surface area contributed by atoms with E-state index in [1.54, 1.807) is 12.1 Å². The molecule has 1 aromatic rings. The number of aryl methyl sites for hydroxylation is 1. The number of carboxylic acids is 1. The number of carbonyl (C=O) groups is 3. The third kappa shape index (κ3) is 4.45. The number of hydrogen-bond donors (Lipinski definition) is 1. The fourth-order valence-electron chi connectivity index (χ4n) is 3.16. The molecule has 1 aliphatic rings. The Morgan fingerprint density at radius 2 is 1.88 bits per heavy atom. The summed E-state index contributed by atoms with van der Waals surface area (Å²) in [4.78, 5) is 37.6. The number of Topliss-reactive ketones (excluding diaryl/α,β-unsaturated/α-hetero) is 1. The zero-order valence-corrected chi connectivity index (χ0v) is 14.8. The number of hydrogen-bond acceptors (Lipinski definition) is 4. The van der Waals surface area contributed by atoms with Gasteiger partial charge in [0.15, 0.2) is 5.78 Å². The molecule has 0 saturated carbocycles. The summed E-state index contributed by atoms with van der Waals surface area (Å²) in [5.74, 6) is -1.20. The molecule has 1 saturated heterocycles. The molecule has 136 valence electrons. The van der Waals surface area contributed by atoms with Crippen LogP contribution in [0.3, 0.4) is 0 Å². The van der Waals surface area contributed by atoms with Crippen molar-refractivity contribution in [3.63, 3.8) is 0 Å². The summed E-state index contributed by atoms with van der Waals surface area (Å²) < 4.78 is 5.02. The second kappa shape index (κ2) is 8.25. The normalized spacial score (nSPS) is 19.8. The van der Waals surface area contributed by atoms with E-state index in [0.717, 1.165) is 12.0 Å². The second-order valence-electron chi connectivity index (χ2n) is 6.56. The van der Waals surface area contributed by atoms with Gasteiger partial charge >= 0.3 is 5.97 Å². The molecule has 0 bridgehead atoms. The van der Waals surface area contributed by atoms with Gasteiger partial charge in [0.1, 0.15) is 5.41 Å². The third-order valence-corrected chi connectivity index (χ3v) is 4.83. The largest absolute Gasteiger partial charge is 0.481 e. The van der Waals surface area contributed by atoms with Gasteiger partial charge in [0.25, 0.3) is 0 Å². The maximum absolute atomic E-state index is 12.3. The fourth-order valence-corrected chi connectivity index (χ4v) is 3.16. The zero-order valence-electron chi connectivity index (χ0n) is 14.8. The molecule has 25 heavy (non-hydrogen) atoms. The van der Waals surface area contributed by atoms with Crippen LogP contribution < -0.4 is 0 Å². The van der Waals surface area contributed by atoms with Crippen molar-refractivity contribution >= 4 is 17.7 Å². The highest BCUT2D eigenvalue weighted by Crippen LogP contribution is 2.31. The topological polar surface area (TPSA) is 83.9 Å². The van der Waals surface area contributed by atoms with Gasteiger partial charge in [0, 0.05) is 38.6 Å². The molecule has 1 unspecified atom stereocenters. The van der Waals surface area contributed by atoms with Crippen molar-refractivity contribution in [2.24, 2.45) is 5.41 Å². The van der Waals surface area contributed by atoms with Crippen molar-refractivity contribution in [2.45, 2.75) is 32.6 Å². The van der Waals surface area contributed by atoms with Crippen molar-refractivity contribution in [3.05, 3.63) is 35.4 Å². The summed E-state index contributed by atoms with van der Waals surface area (Å²) in [6.07, 6.45) is 1.51. The van der Waals surface area contributed by atoms with Gasteiger partial charge in [0.2, 0.25) is 5.91 Å². The molecule has 1 atom stereocenters. The van der Waals surface area contributed by atoms with E-state index in [4.69, 9.17) is 4.74 Å². The molecule has 2 rings (SSSR count). The third-order valence-electron chi connectivity index (χ3n) is 4.83. The van der Waals surface area contributed by atoms with Gasteiger partial charge in [-0.3, -0.25) is 14.4 Å². The van der Waals surface area contributed by atoms with Crippen molar-refractivity contribution in [3.8, 4) is 0 Å². The lowest BCUT2D eigenvalue weighted by Gasteiger charge is -2.23. The standard InChI is InChI=1S/C19H25NO5/c1-3-14-4-6-15(7-5-14)16(21)8-9-17(22)20-11-10-19(12-20,13-25-2)18(23)24/h4-7H,3,8-13H2,1-2H3,(H,23,24). The van der Waals surface area contributed by atoms with Crippen molar-refractivity contribution < 1.29 is 24.2 Å². The van der Waals surface area contributed by atoms with Crippen LogP contribution in [0.25, 0.3) is 0 Å². The van der Waals surface area contributed by atoms with E-state index in [9.17, 15) is 19.5 Å². The molecule has 1 aromatic carbocycles. The fraction of sp³-hybridized carbons (Fsp3) is 0.526. The lowest BCUT2D eigenvalue weighted by molar-refractivity contribution is -0.151. The first kappa shape index (κ1) is 19.1. The summed E-state index contributed by atoms with van der Waals surface area (Å²) in [6, 6.07) is 7.41. The van der Waals surface area contributed by atoms with Gasteiger partial charge in [-0.05, 0) is 18.4 Å². The Morgan fingerprint density at radius 3 is 2.44 bits per heavy atom. The highest BCUT2D eigenvalue weighted by Gasteiger charge is 2.46. The van der Waals surface area contributed by atoms with Crippen LogP contribution in [0.2, 0.25) is 0 Å². The van der Waals surface area contributed by atoms with Gasteiger partial charge in [-0.15, -0.1) is 0 Å². The Labute approximate surface area is 147 Å². The Kier molecular flexibility index (Phi) is 6.31. The van der Waals surface area contributed by atoms with Gasteiger partial charge in [-0.25, -0.2) is 0 Å². The number of carboxylic acid groups (broad SMARTS) is 1. The SMILES string of the molecule is CCc1ccc(C(=O)CCC(=O)N2CCC(COC)(C(=O)O)C2)cc1. The molecule has 1 fully saturated rings. The Hall–Kier alpha value is -2.21. The van der Waals surface area contributed by atoms with E-state index in [1.807, 2.05) is 19.1 Å². The first-order chi connectivity index (χ1) is 11.9. The highest BCUT2D eigenvalue weighted by atomic mass is 16.5. The highest BCUT2D eigenvalue weighted by molar-refractivity contribution is 5.98. The van der Waals surface area contributed by atoms with E-state index >= 15 is 0 Å². The van der Waals surface area contributed by atoms with E-state index in [1.165, 1.54) is 12.0 Å². The number of aliphatic carboxylic acids is 1. The Bertz CT molecular complexity index is 640. The molecule has 1 amide bonds. The van der Waals surface area contributed by atoms with Gasteiger partial charge < -0.3 is 14.7 Å². The molecule has 1 N–H and O–H groups in total. The summed E-state index contributed by atoms with van der Waals surface area (Å²) in [5, 5.41) is 9.43. The van der Waals surface area contributed by atoms with Crippen molar-refractivity contribution in [1.29, 1.82) is 0 Å². The second-order valence-corrected chi connectivity index (χ2v) is 6.56. The van der Waals surface area contributed by atoms with E-state index < -0.39 is 11.4 Å². The Balaban J connectivity index is 1.89. The Morgan fingerprint density at radius 1 is 1.20 bits per heavy atom. The molecule has 0 aliphatic carbocycles. The number of likely N-dealkylation sites (tertiary alicyclic amines) is 1. The molecule has 1 aliphatic heterocycles. The van der Waals surface area contributed by atoms with Crippen molar-refractivity contribution in [2.75, 3.05) is 26.8 Å². The van der Waals surface area contributed by atoms with Gasteiger partial charge in [0.05, 0.1) is 6.61 Å². The predicted octanol–water partition coefficient (Wildman–Crippen LogP) is 2.16. The molecule has 6 nitrogen and oxygen atoms in total. The number of amides is 1. The number of benzene rings is 1. The van der Waals surface area contributed by atoms with Crippen LogP contribution in [0.15, 0.2) is 24.3 Å². The van der Waals surface area contributed by atoms with Crippen LogP contribution in [0.4, 0.5) is 0 Å². The maximum Gasteiger partial charge on any atom is 0.313 e. The van der Waals surface area contributed by atoms with E-state index in [-0.39, 0.29) is 37.7 Å². The average Bonchev–Trinajstić information content (AvgIpc) is 3.05. The van der Waals surface area contributed by atoms with Gasteiger partial charge in [-0.2, -0.15) is 0 Å². The number of carbonyl (C=O) groups excluding carboxylic acids is 2. The molecule has 0 spiro atoms. The number of rotatable bonds is 8. The van der Waals surface area contributed by atoms with Crippen molar-refractivity contribution in [1.82, 2.24) is 4.90 Å². The van der Waals surface area contributed by atoms with Gasteiger partial charge in [-0.1, -0.05) is 31.2 Å². The number of nitrogens with zero attached hydrogens (tertiary/aromatic N) is 1. The predicted molar refractivity (Wildman–Crippen MR) is 92.5 cm³/mol. The molecular weight excluding hydrogens is 322 g/mol. The first-order valence-corrected chi connectivity index (χ1v) is 8.54. The monoisotopic (exact) mass is 347 g/mol.